The Morgan fingerprint density at radius 3 is 2.65 bits per heavy atom. The van der Waals surface area contributed by atoms with E-state index >= 15 is 0 Å². The SMILES string of the molecule is O=C(CC1Cc2ccccc21)C1CSc2ccccc21. The zero-order valence-electron chi connectivity index (χ0n) is 11.2. The lowest BCUT2D eigenvalue weighted by Crippen LogP contribution is -2.23. The maximum atomic E-state index is 12.6. The van der Waals surface area contributed by atoms with Crippen molar-refractivity contribution >= 4 is 17.5 Å². The van der Waals surface area contributed by atoms with Crippen LogP contribution in [0.3, 0.4) is 0 Å². The Kier molecular flexibility index (Phi) is 2.92. The third kappa shape index (κ3) is 1.90. The number of Topliss-reactive ketones (excluding diaryl/α,β-unsaturated/α-hetero) is 1. The third-order valence-electron chi connectivity index (χ3n) is 4.50. The van der Waals surface area contributed by atoms with Gasteiger partial charge in [-0.15, -0.1) is 11.8 Å². The average Bonchev–Trinajstić information content (AvgIpc) is 2.88. The Morgan fingerprint density at radius 2 is 1.80 bits per heavy atom. The largest absolute Gasteiger partial charge is 0.299 e. The normalized spacial score (nSPS) is 22.8. The molecule has 0 saturated carbocycles. The lowest BCUT2D eigenvalue weighted by atomic mass is 9.73. The van der Waals surface area contributed by atoms with Crippen LogP contribution in [0.2, 0.25) is 0 Å². The van der Waals surface area contributed by atoms with E-state index in [1.54, 1.807) is 0 Å². The molecular formula is C18H16OS. The molecule has 2 aromatic rings. The van der Waals surface area contributed by atoms with Gasteiger partial charge < -0.3 is 0 Å². The molecule has 1 nitrogen and oxygen atoms in total. The van der Waals surface area contributed by atoms with Crippen LogP contribution in [0.1, 0.15) is 34.9 Å². The van der Waals surface area contributed by atoms with Gasteiger partial charge in [-0.1, -0.05) is 42.5 Å². The van der Waals surface area contributed by atoms with Crippen LogP contribution in [0.25, 0.3) is 0 Å². The van der Waals surface area contributed by atoms with Crippen molar-refractivity contribution in [2.45, 2.75) is 29.6 Å². The van der Waals surface area contributed by atoms with Crippen molar-refractivity contribution in [3.05, 3.63) is 65.2 Å². The van der Waals surface area contributed by atoms with E-state index in [1.807, 2.05) is 17.8 Å². The lowest BCUT2D eigenvalue weighted by Gasteiger charge is -2.30. The number of hydrogen-bond donors (Lipinski definition) is 0. The molecule has 0 fully saturated rings. The minimum absolute atomic E-state index is 0.115. The summed E-state index contributed by atoms with van der Waals surface area (Å²) in [5.74, 6) is 1.91. The highest BCUT2D eigenvalue weighted by Crippen LogP contribution is 2.43. The second-order valence-electron chi connectivity index (χ2n) is 5.67. The number of thioether (sulfide) groups is 1. The number of carbonyl (C=O) groups is 1. The summed E-state index contributed by atoms with van der Waals surface area (Å²) >= 11 is 1.82. The highest BCUT2D eigenvalue weighted by molar-refractivity contribution is 7.99. The molecule has 2 atom stereocenters. The van der Waals surface area contributed by atoms with Gasteiger partial charge >= 0.3 is 0 Å². The molecule has 0 radical (unpaired) electrons. The van der Waals surface area contributed by atoms with Crippen molar-refractivity contribution < 1.29 is 4.79 Å². The molecule has 2 unspecified atom stereocenters. The lowest BCUT2D eigenvalue weighted by molar-refractivity contribution is -0.120. The smallest absolute Gasteiger partial charge is 0.141 e. The van der Waals surface area contributed by atoms with Gasteiger partial charge in [0.15, 0.2) is 0 Å². The number of carbonyl (C=O) groups excluding carboxylic acids is 1. The molecule has 100 valence electrons. The van der Waals surface area contributed by atoms with Gasteiger partial charge in [0.25, 0.3) is 0 Å². The molecule has 2 aliphatic rings. The van der Waals surface area contributed by atoms with E-state index in [0.717, 1.165) is 12.2 Å². The molecule has 1 heterocycles. The fraction of sp³-hybridized carbons (Fsp3) is 0.278. The maximum absolute atomic E-state index is 12.6. The van der Waals surface area contributed by atoms with Gasteiger partial charge in [-0.3, -0.25) is 4.79 Å². The Labute approximate surface area is 123 Å². The average molecular weight is 280 g/mol. The van der Waals surface area contributed by atoms with E-state index in [2.05, 4.69) is 42.5 Å². The van der Waals surface area contributed by atoms with Crippen LogP contribution >= 0.6 is 11.8 Å². The van der Waals surface area contributed by atoms with Crippen molar-refractivity contribution in [1.82, 2.24) is 0 Å². The molecule has 0 aromatic heterocycles. The second-order valence-corrected chi connectivity index (χ2v) is 6.73. The summed E-state index contributed by atoms with van der Waals surface area (Å²) in [5.41, 5.74) is 4.06. The molecule has 1 aliphatic heterocycles. The highest BCUT2D eigenvalue weighted by Gasteiger charge is 2.33. The number of hydrogen-bond acceptors (Lipinski definition) is 2. The quantitative estimate of drug-likeness (QED) is 0.839. The fourth-order valence-electron chi connectivity index (χ4n) is 3.36. The predicted molar refractivity (Wildman–Crippen MR) is 82.4 cm³/mol. The highest BCUT2D eigenvalue weighted by atomic mass is 32.2. The third-order valence-corrected chi connectivity index (χ3v) is 5.68. The number of benzene rings is 2. The van der Waals surface area contributed by atoms with Crippen LogP contribution in [-0.2, 0) is 11.2 Å². The van der Waals surface area contributed by atoms with Gasteiger partial charge in [0.05, 0.1) is 5.92 Å². The second kappa shape index (κ2) is 4.78. The van der Waals surface area contributed by atoms with Crippen molar-refractivity contribution in [1.29, 1.82) is 0 Å². The summed E-state index contributed by atoms with van der Waals surface area (Å²) in [6.07, 6.45) is 1.78. The fourth-order valence-corrected chi connectivity index (χ4v) is 4.62. The minimum atomic E-state index is 0.115. The Morgan fingerprint density at radius 1 is 1.05 bits per heavy atom. The molecule has 2 heteroatoms. The predicted octanol–water partition coefficient (Wildman–Crippen LogP) is 4.18. The first-order valence-corrected chi connectivity index (χ1v) is 8.14. The molecule has 0 spiro atoms. The van der Waals surface area contributed by atoms with Crippen molar-refractivity contribution in [3.63, 3.8) is 0 Å². The van der Waals surface area contributed by atoms with Crippen LogP contribution in [0.5, 0.6) is 0 Å². The molecule has 1 aliphatic carbocycles. The standard InChI is InChI=1S/C18H16OS/c19-17(10-13-9-12-5-1-2-6-14(12)13)16-11-20-18-8-4-3-7-15(16)18/h1-8,13,16H,9-11H2. The van der Waals surface area contributed by atoms with Crippen LogP contribution in [0, 0.1) is 0 Å². The van der Waals surface area contributed by atoms with E-state index in [1.165, 1.54) is 21.6 Å². The first-order chi connectivity index (χ1) is 9.83. The zero-order chi connectivity index (χ0) is 13.5. The summed E-state index contributed by atoms with van der Waals surface area (Å²) < 4.78 is 0. The summed E-state index contributed by atoms with van der Waals surface area (Å²) in [5, 5.41) is 0. The molecule has 0 saturated heterocycles. The summed E-state index contributed by atoms with van der Waals surface area (Å²) in [7, 11) is 0. The maximum Gasteiger partial charge on any atom is 0.141 e. The van der Waals surface area contributed by atoms with Gasteiger partial charge in [0.1, 0.15) is 5.78 Å². The Bertz CT molecular complexity index is 677. The monoisotopic (exact) mass is 280 g/mol. The van der Waals surface area contributed by atoms with Gasteiger partial charge in [-0.2, -0.15) is 0 Å². The number of fused-ring (bicyclic) bond motifs is 2. The summed E-state index contributed by atoms with van der Waals surface area (Å²) in [6.45, 7) is 0. The summed E-state index contributed by atoms with van der Waals surface area (Å²) in [4.78, 5) is 13.9. The topological polar surface area (TPSA) is 17.1 Å². The zero-order valence-corrected chi connectivity index (χ0v) is 12.0. The molecular weight excluding hydrogens is 264 g/mol. The molecule has 4 rings (SSSR count). The van der Waals surface area contributed by atoms with Crippen LogP contribution < -0.4 is 0 Å². The van der Waals surface area contributed by atoms with Crippen LogP contribution in [-0.4, -0.2) is 11.5 Å². The van der Waals surface area contributed by atoms with Crippen LogP contribution in [0.15, 0.2) is 53.4 Å². The van der Waals surface area contributed by atoms with Crippen LogP contribution in [0.4, 0.5) is 0 Å². The van der Waals surface area contributed by atoms with E-state index < -0.39 is 0 Å². The van der Waals surface area contributed by atoms with Gasteiger partial charge in [-0.25, -0.2) is 0 Å². The van der Waals surface area contributed by atoms with Crippen molar-refractivity contribution in [3.8, 4) is 0 Å². The molecule has 20 heavy (non-hydrogen) atoms. The number of rotatable bonds is 3. The first-order valence-electron chi connectivity index (χ1n) is 7.15. The molecule has 2 aromatic carbocycles. The van der Waals surface area contributed by atoms with E-state index in [4.69, 9.17) is 0 Å². The van der Waals surface area contributed by atoms with E-state index in [0.29, 0.717) is 18.1 Å². The number of ketones is 1. The minimum Gasteiger partial charge on any atom is -0.299 e. The van der Waals surface area contributed by atoms with Gasteiger partial charge in [0.2, 0.25) is 0 Å². The molecule has 0 amide bonds. The first kappa shape index (κ1) is 12.2. The van der Waals surface area contributed by atoms with Gasteiger partial charge in [0, 0.05) is 17.1 Å². The van der Waals surface area contributed by atoms with E-state index in [-0.39, 0.29) is 5.92 Å². The van der Waals surface area contributed by atoms with Crippen molar-refractivity contribution in [2.75, 3.05) is 5.75 Å². The van der Waals surface area contributed by atoms with Crippen molar-refractivity contribution in [2.24, 2.45) is 0 Å². The summed E-state index contributed by atoms with van der Waals surface area (Å²) in [6, 6.07) is 16.9. The Hall–Kier alpha value is -1.54. The van der Waals surface area contributed by atoms with E-state index in [9.17, 15) is 4.79 Å². The molecule has 0 bridgehead atoms. The Balaban J connectivity index is 1.51. The molecule has 0 N–H and O–H groups in total. The van der Waals surface area contributed by atoms with Gasteiger partial charge in [-0.05, 0) is 35.1 Å².